The first-order valence-electron chi connectivity index (χ1n) is 8.38. The Morgan fingerprint density at radius 1 is 0.731 bits per heavy atom. The quantitative estimate of drug-likeness (QED) is 0.594. The summed E-state index contributed by atoms with van der Waals surface area (Å²) in [7, 11) is -2.93. The fourth-order valence-corrected chi connectivity index (χ4v) is 4.24. The van der Waals surface area contributed by atoms with Crippen LogP contribution in [0.15, 0.2) is 60.7 Å². The Morgan fingerprint density at radius 3 is 1.46 bits per heavy atom. The molecule has 0 aliphatic rings. The van der Waals surface area contributed by atoms with E-state index in [0.29, 0.717) is 5.56 Å². The molecule has 1 N–H and O–H groups in total. The lowest BCUT2D eigenvalue weighted by Crippen LogP contribution is -2.07. The summed E-state index contributed by atoms with van der Waals surface area (Å²) in [6, 6.07) is 19.6. The zero-order valence-electron chi connectivity index (χ0n) is 15.0. The number of rotatable bonds is 4. The molecule has 0 bridgehead atoms. The van der Waals surface area contributed by atoms with E-state index >= 15 is 0 Å². The van der Waals surface area contributed by atoms with Crippen molar-refractivity contribution in [3.63, 3.8) is 0 Å². The molecule has 0 saturated carbocycles. The van der Waals surface area contributed by atoms with Crippen LogP contribution in [0.4, 0.5) is 0 Å². The first-order valence-corrected chi connectivity index (χ1v) is 9.59. The normalized spacial score (nSPS) is 11.3. The lowest BCUT2D eigenvalue weighted by Gasteiger charge is -2.20. The second kappa shape index (κ2) is 7.33. The summed E-state index contributed by atoms with van der Waals surface area (Å²) in [6.45, 7) is 5.74. The van der Waals surface area contributed by atoms with Crippen molar-refractivity contribution in [2.75, 3.05) is 0 Å². The predicted molar refractivity (Wildman–Crippen MR) is 106 cm³/mol. The molecule has 1 atom stereocenters. The Hall–Kier alpha value is -2.61. The number of hydrogen-bond acceptors (Lipinski definition) is 2. The van der Waals surface area contributed by atoms with E-state index in [4.69, 9.17) is 0 Å². The van der Waals surface area contributed by atoms with E-state index in [1.165, 1.54) is 0 Å². The molecule has 0 saturated heterocycles. The van der Waals surface area contributed by atoms with Crippen LogP contribution in [0.1, 0.15) is 27.0 Å². The van der Waals surface area contributed by atoms with Crippen LogP contribution in [-0.2, 0) is 4.57 Å². The van der Waals surface area contributed by atoms with Gasteiger partial charge >= 0.3 is 13.6 Å². The standard InChI is InChI=1S/C22H19O3P/c1-14-19(17-10-6-4-7-11-17)15(2)21(22(23)26(24)25)16(3)20(14)18-12-8-5-9-13-18/h4-13H,1-3H3/p+1. The first-order chi connectivity index (χ1) is 12.4. The molecule has 3 rings (SSSR count). The van der Waals surface area contributed by atoms with Crippen molar-refractivity contribution in [3.8, 4) is 22.3 Å². The molecule has 0 aromatic heterocycles. The van der Waals surface area contributed by atoms with E-state index in [2.05, 4.69) is 0 Å². The van der Waals surface area contributed by atoms with E-state index in [1.54, 1.807) is 0 Å². The summed E-state index contributed by atoms with van der Waals surface area (Å²) in [5.74, 6) is 0. The molecule has 0 fully saturated rings. The summed E-state index contributed by atoms with van der Waals surface area (Å²) < 4.78 is 11.6. The Labute approximate surface area is 154 Å². The van der Waals surface area contributed by atoms with E-state index in [-0.39, 0.29) is 0 Å². The maximum atomic E-state index is 12.5. The van der Waals surface area contributed by atoms with Gasteiger partial charge in [-0.3, -0.25) is 0 Å². The highest BCUT2D eigenvalue weighted by Crippen LogP contribution is 2.41. The molecule has 0 aliphatic carbocycles. The van der Waals surface area contributed by atoms with Crippen LogP contribution >= 0.6 is 8.03 Å². The van der Waals surface area contributed by atoms with Gasteiger partial charge in [-0.1, -0.05) is 60.7 Å². The van der Waals surface area contributed by atoms with Gasteiger partial charge in [0, 0.05) is 0 Å². The van der Waals surface area contributed by atoms with Gasteiger partial charge in [-0.25, -0.2) is 4.79 Å². The minimum atomic E-state index is -2.93. The van der Waals surface area contributed by atoms with Gasteiger partial charge < -0.3 is 0 Å². The van der Waals surface area contributed by atoms with Crippen LogP contribution in [0.2, 0.25) is 0 Å². The smallest absolute Gasteiger partial charge is 0.231 e. The Kier molecular flexibility index (Phi) is 5.13. The van der Waals surface area contributed by atoms with Gasteiger partial charge in [0.15, 0.2) is 0 Å². The maximum Gasteiger partial charge on any atom is 0.590 e. The van der Waals surface area contributed by atoms with Gasteiger partial charge in [0.1, 0.15) is 0 Å². The second-order valence-corrected chi connectivity index (χ2v) is 7.26. The highest BCUT2D eigenvalue weighted by atomic mass is 31.1. The summed E-state index contributed by atoms with van der Waals surface area (Å²) in [5.41, 5.74) is 6.03. The third kappa shape index (κ3) is 3.12. The number of carbonyl (C=O) groups excluding carboxylic acids is 1. The molecule has 130 valence electrons. The second-order valence-electron chi connectivity index (χ2n) is 6.31. The average molecular weight is 363 g/mol. The van der Waals surface area contributed by atoms with Gasteiger partial charge in [-0.2, -0.15) is 4.89 Å². The minimum Gasteiger partial charge on any atom is -0.231 e. The van der Waals surface area contributed by atoms with Crippen LogP contribution in [-0.4, -0.2) is 10.4 Å². The number of benzene rings is 3. The number of hydrogen-bond donors (Lipinski definition) is 1. The molecule has 3 aromatic rings. The SMILES string of the molecule is Cc1c(C(=O)[P+](=O)O)c(C)c(-c2ccccc2)c(C)c1-c1ccccc1. The molecular weight excluding hydrogens is 343 g/mol. The molecule has 3 aromatic carbocycles. The summed E-state index contributed by atoms with van der Waals surface area (Å²) >= 11 is 0. The molecule has 0 aliphatic heterocycles. The topological polar surface area (TPSA) is 54.4 Å². The van der Waals surface area contributed by atoms with E-state index < -0.39 is 13.6 Å². The van der Waals surface area contributed by atoms with Crippen LogP contribution in [0.5, 0.6) is 0 Å². The van der Waals surface area contributed by atoms with Gasteiger partial charge in [-0.15, -0.1) is 0 Å². The van der Waals surface area contributed by atoms with Crippen molar-refractivity contribution >= 4 is 13.6 Å². The van der Waals surface area contributed by atoms with E-state index in [1.807, 2.05) is 81.4 Å². The van der Waals surface area contributed by atoms with E-state index in [9.17, 15) is 14.3 Å². The van der Waals surface area contributed by atoms with Crippen molar-refractivity contribution in [1.29, 1.82) is 0 Å². The van der Waals surface area contributed by atoms with Crippen molar-refractivity contribution < 1.29 is 14.3 Å². The molecule has 0 heterocycles. The van der Waals surface area contributed by atoms with Crippen LogP contribution in [0, 0.1) is 20.8 Å². The maximum absolute atomic E-state index is 12.5. The van der Waals surface area contributed by atoms with Crippen molar-refractivity contribution in [2.24, 2.45) is 0 Å². The monoisotopic (exact) mass is 363 g/mol. The zero-order chi connectivity index (χ0) is 18.8. The molecule has 0 amide bonds. The zero-order valence-corrected chi connectivity index (χ0v) is 15.9. The van der Waals surface area contributed by atoms with E-state index in [0.717, 1.165) is 38.9 Å². The van der Waals surface area contributed by atoms with Gasteiger partial charge in [0.05, 0.1) is 5.56 Å². The molecule has 3 nitrogen and oxygen atoms in total. The van der Waals surface area contributed by atoms with Crippen LogP contribution < -0.4 is 0 Å². The van der Waals surface area contributed by atoms with Gasteiger partial charge in [0.25, 0.3) is 0 Å². The predicted octanol–water partition coefficient (Wildman–Crippen LogP) is 5.82. The molecule has 26 heavy (non-hydrogen) atoms. The summed E-state index contributed by atoms with van der Waals surface area (Å²) in [5, 5.41) is 0. The van der Waals surface area contributed by atoms with Crippen molar-refractivity contribution in [2.45, 2.75) is 20.8 Å². The van der Waals surface area contributed by atoms with Crippen molar-refractivity contribution in [1.82, 2.24) is 0 Å². The fourth-order valence-electron chi connectivity index (χ4n) is 3.71. The van der Waals surface area contributed by atoms with Crippen LogP contribution in [0.25, 0.3) is 22.3 Å². The average Bonchev–Trinajstić information content (AvgIpc) is 2.63. The molecule has 1 unspecified atom stereocenters. The lowest BCUT2D eigenvalue weighted by atomic mass is 9.83. The minimum absolute atomic E-state index is 0.344. The molecule has 0 spiro atoms. The number of carbonyl (C=O) groups is 1. The van der Waals surface area contributed by atoms with Gasteiger partial charge in [0.2, 0.25) is 0 Å². The van der Waals surface area contributed by atoms with Crippen LogP contribution in [0.3, 0.4) is 0 Å². The molecule has 0 radical (unpaired) electrons. The third-order valence-corrected chi connectivity index (χ3v) is 5.33. The fraction of sp³-hybridized carbons (Fsp3) is 0.136. The molecule has 4 heteroatoms. The summed E-state index contributed by atoms with van der Waals surface area (Å²) in [6.07, 6.45) is 0. The highest BCUT2D eigenvalue weighted by molar-refractivity contribution is 7.59. The highest BCUT2D eigenvalue weighted by Gasteiger charge is 2.34. The molecular formula is C22H20O3P+. The summed E-state index contributed by atoms with van der Waals surface area (Å²) in [4.78, 5) is 22.0. The Balaban J connectivity index is 2.44. The Bertz CT molecular complexity index is 926. The lowest BCUT2D eigenvalue weighted by molar-refractivity contribution is 0.106. The largest absolute Gasteiger partial charge is 0.590 e. The van der Waals surface area contributed by atoms with Crippen molar-refractivity contribution in [3.05, 3.63) is 82.9 Å². The first kappa shape index (κ1) is 18.2. The Morgan fingerprint density at radius 2 is 1.12 bits per heavy atom. The van der Waals surface area contributed by atoms with Gasteiger partial charge in [-0.05, 0) is 64.3 Å². The third-order valence-electron chi connectivity index (χ3n) is 4.76.